The number of hydrogen-bond acceptors (Lipinski definition) is 2. The monoisotopic (exact) mass is 342 g/mol. The van der Waals surface area contributed by atoms with E-state index in [1.54, 1.807) is 6.26 Å². The van der Waals surface area contributed by atoms with Crippen LogP contribution in [0, 0.1) is 11.8 Å². The van der Waals surface area contributed by atoms with Crippen LogP contribution >= 0.6 is 0 Å². The van der Waals surface area contributed by atoms with Crippen molar-refractivity contribution >= 4 is 0 Å². The van der Waals surface area contributed by atoms with Crippen molar-refractivity contribution < 1.29 is 14.5 Å². The average molecular weight is 343 g/mol. The Morgan fingerprint density at radius 2 is 2.00 bits per heavy atom. The van der Waals surface area contributed by atoms with Crippen LogP contribution in [-0.2, 0) is 17.7 Å². The summed E-state index contributed by atoms with van der Waals surface area (Å²) in [6, 6.07) is 15.0. The van der Waals surface area contributed by atoms with Gasteiger partial charge in [-0.3, -0.25) is 0 Å². The van der Waals surface area contributed by atoms with Gasteiger partial charge in [0.05, 0.1) is 18.4 Å². The number of quaternary nitrogens is 1. The van der Waals surface area contributed by atoms with Gasteiger partial charge in [0.2, 0.25) is 0 Å². The van der Waals surface area contributed by atoms with Crippen LogP contribution in [-0.4, -0.2) is 18.8 Å². The third-order valence-corrected chi connectivity index (χ3v) is 5.41. The van der Waals surface area contributed by atoms with E-state index < -0.39 is 0 Å². The summed E-state index contributed by atoms with van der Waals surface area (Å²) in [5.41, 5.74) is 1.48. The van der Waals surface area contributed by atoms with Crippen LogP contribution in [0.25, 0.3) is 0 Å². The molecule has 3 heteroatoms. The fraction of sp³-hybridized carbons (Fsp3) is 0.545. The molecule has 2 aromatic rings. The Hall–Kier alpha value is -1.58. The van der Waals surface area contributed by atoms with Gasteiger partial charge in [0.15, 0.2) is 5.76 Å². The largest absolute Gasteiger partial charge is 0.463 e. The Morgan fingerprint density at radius 3 is 2.72 bits per heavy atom. The van der Waals surface area contributed by atoms with Crippen molar-refractivity contribution in [2.45, 2.75) is 51.7 Å². The molecule has 1 aliphatic heterocycles. The first-order valence-corrected chi connectivity index (χ1v) is 9.64. The Bertz CT molecular complexity index is 606. The molecular weight excluding hydrogens is 310 g/mol. The van der Waals surface area contributed by atoms with Crippen LogP contribution in [0.15, 0.2) is 53.1 Å². The molecule has 0 radical (unpaired) electrons. The Labute approximate surface area is 151 Å². The zero-order valence-electron chi connectivity index (χ0n) is 15.6. The number of nitrogens with two attached hydrogens (primary N) is 1. The normalized spacial score (nSPS) is 21.1. The third-order valence-electron chi connectivity index (χ3n) is 5.41. The van der Waals surface area contributed by atoms with Gasteiger partial charge in [0.25, 0.3) is 0 Å². The number of ether oxygens (including phenoxy) is 1. The zero-order valence-corrected chi connectivity index (χ0v) is 15.6. The van der Waals surface area contributed by atoms with Crippen molar-refractivity contribution in [2.75, 3.05) is 13.2 Å². The highest BCUT2D eigenvalue weighted by atomic mass is 16.5. The van der Waals surface area contributed by atoms with E-state index in [0.717, 1.165) is 37.3 Å². The van der Waals surface area contributed by atoms with E-state index in [1.807, 2.05) is 6.07 Å². The molecule has 1 saturated heterocycles. The van der Waals surface area contributed by atoms with E-state index in [4.69, 9.17) is 9.15 Å². The Kier molecular flexibility index (Phi) is 6.33. The molecular formula is C22H32NO2+. The lowest BCUT2D eigenvalue weighted by atomic mass is 9.76. The summed E-state index contributed by atoms with van der Waals surface area (Å²) in [6.45, 7) is 7.46. The molecule has 3 rings (SSSR count). The summed E-state index contributed by atoms with van der Waals surface area (Å²) in [4.78, 5) is 0. The molecule has 0 bridgehead atoms. The molecule has 1 aliphatic rings. The molecule has 2 heterocycles. The third kappa shape index (κ3) is 5.72. The molecule has 136 valence electrons. The first-order chi connectivity index (χ1) is 12.1. The summed E-state index contributed by atoms with van der Waals surface area (Å²) in [7, 11) is 0. The maximum absolute atomic E-state index is 5.95. The molecule has 0 amide bonds. The first kappa shape index (κ1) is 18.2. The number of furan rings is 1. The first-order valence-electron chi connectivity index (χ1n) is 9.64. The summed E-state index contributed by atoms with van der Waals surface area (Å²) >= 11 is 0. The van der Waals surface area contributed by atoms with Crippen molar-refractivity contribution in [3.05, 3.63) is 60.1 Å². The second-order valence-corrected chi connectivity index (χ2v) is 7.96. The quantitative estimate of drug-likeness (QED) is 0.741. The molecule has 25 heavy (non-hydrogen) atoms. The number of benzene rings is 1. The van der Waals surface area contributed by atoms with Gasteiger partial charge in [0.1, 0.15) is 6.54 Å². The molecule has 3 nitrogen and oxygen atoms in total. The Morgan fingerprint density at radius 1 is 1.16 bits per heavy atom. The molecule has 0 spiro atoms. The fourth-order valence-electron chi connectivity index (χ4n) is 4.11. The second-order valence-electron chi connectivity index (χ2n) is 7.96. The predicted molar refractivity (Wildman–Crippen MR) is 100 cm³/mol. The lowest BCUT2D eigenvalue weighted by Gasteiger charge is -2.39. The standard InChI is InChI=1S/C22H31NO2/c1-22(2)16-20(11-14-25-22)19(15-18-7-4-3-5-8-18)10-12-23-17-21-9-6-13-24-21/h3-9,13,19-20,23H,10-12,14-17H2,1-2H3/p+1/t19-,20+/m1/s1. The van der Waals surface area contributed by atoms with Crippen LogP contribution in [0.3, 0.4) is 0 Å². The molecule has 2 N–H and O–H groups in total. The van der Waals surface area contributed by atoms with Crippen molar-refractivity contribution in [2.24, 2.45) is 11.8 Å². The lowest BCUT2D eigenvalue weighted by molar-refractivity contribution is -0.673. The molecule has 2 atom stereocenters. The van der Waals surface area contributed by atoms with Crippen molar-refractivity contribution in [3.8, 4) is 0 Å². The van der Waals surface area contributed by atoms with Crippen LogP contribution in [0.4, 0.5) is 0 Å². The predicted octanol–water partition coefficient (Wildman–Crippen LogP) is 3.80. The minimum atomic E-state index is 0.0235. The lowest BCUT2D eigenvalue weighted by Crippen LogP contribution is -2.82. The SMILES string of the molecule is CC1(C)C[C@@H]([C@H](CC[NH2+]Cc2ccco2)Cc2ccccc2)CCO1. The molecule has 1 fully saturated rings. The zero-order chi connectivity index (χ0) is 17.5. The average Bonchev–Trinajstić information content (AvgIpc) is 3.11. The van der Waals surface area contributed by atoms with Gasteiger partial charge < -0.3 is 14.5 Å². The van der Waals surface area contributed by atoms with Gasteiger partial charge in [-0.15, -0.1) is 0 Å². The summed E-state index contributed by atoms with van der Waals surface area (Å²) in [5.74, 6) is 2.53. The van der Waals surface area contributed by atoms with Gasteiger partial charge >= 0.3 is 0 Å². The minimum Gasteiger partial charge on any atom is -0.463 e. The summed E-state index contributed by atoms with van der Waals surface area (Å²) < 4.78 is 11.4. The summed E-state index contributed by atoms with van der Waals surface area (Å²) in [6.07, 6.45) is 6.54. The van der Waals surface area contributed by atoms with Crippen molar-refractivity contribution in [1.82, 2.24) is 0 Å². The van der Waals surface area contributed by atoms with E-state index in [-0.39, 0.29) is 5.60 Å². The number of hydrogen-bond donors (Lipinski definition) is 1. The van der Waals surface area contributed by atoms with E-state index in [9.17, 15) is 0 Å². The minimum absolute atomic E-state index is 0.0235. The van der Waals surface area contributed by atoms with E-state index in [0.29, 0.717) is 0 Å². The molecule has 0 saturated carbocycles. The molecule has 1 aromatic carbocycles. The van der Waals surface area contributed by atoms with Crippen LogP contribution in [0.1, 0.15) is 44.4 Å². The van der Waals surface area contributed by atoms with Gasteiger partial charge in [-0.25, -0.2) is 0 Å². The summed E-state index contributed by atoms with van der Waals surface area (Å²) in [5, 5.41) is 2.38. The smallest absolute Gasteiger partial charge is 0.157 e. The second kappa shape index (κ2) is 8.68. The van der Waals surface area contributed by atoms with Crippen LogP contribution in [0.5, 0.6) is 0 Å². The molecule has 1 aromatic heterocycles. The van der Waals surface area contributed by atoms with E-state index >= 15 is 0 Å². The van der Waals surface area contributed by atoms with Crippen molar-refractivity contribution in [3.63, 3.8) is 0 Å². The van der Waals surface area contributed by atoms with Gasteiger partial charge in [0, 0.05) is 6.61 Å². The van der Waals surface area contributed by atoms with Crippen LogP contribution < -0.4 is 5.32 Å². The number of rotatable bonds is 8. The Balaban J connectivity index is 1.57. The fourth-order valence-corrected chi connectivity index (χ4v) is 4.11. The molecule has 0 unspecified atom stereocenters. The van der Waals surface area contributed by atoms with Crippen LogP contribution in [0.2, 0.25) is 0 Å². The van der Waals surface area contributed by atoms with Gasteiger partial charge in [-0.05, 0) is 69.1 Å². The van der Waals surface area contributed by atoms with Gasteiger partial charge in [-0.2, -0.15) is 0 Å². The maximum atomic E-state index is 5.95. The van der Waals surface area contributed by atoms with E-state index in [2.05, 4.69) is 55.6 Å². The van der Waals surface area contributed by atoms with Crippen molar-refractivity contribution in [1.29, 1.82) is 0 Å². The van der Waals surface area contributed by atoms with Gasteiger partial charge in [-0.1, -0.05) is 30.3 Å². The van der Waals surface area contributed by atoms with E-state index in [1.165, 1.54) is 31.2 Å². The highest BCUT2D eigenvalue weighted by molar-refractivity contribution is 5.15. The topological polar surface area (TPSA) is 39.0 Å². The maximum Gasteiger partial charge on any atom is 0.157 e. The molecule has 0 aliphatic carbocycles. The highest BCUT2D eigenvalue weighted by Gasteiger charge is 2.33. The highest BCUT2D eigenvalue weighted by Crippen LogP contribution is 2.36.